The standard InChI is InChI=1S/C24H26N2O5/c1-14(2)13-24(23(30)31-3)19-18(20(25-24)15-9-11-17(27)12-10-15)21(28)26(22(19)29)16-7-5-4-6-8-16/h4-12,14,18-20,25,27H,13H2,1-3H3/t18?,19?,20-,24+/m0/s1. The number of rotatable bonds is 5. The van der Waals surface area contributed by atoms with Crippen LogP contribution in [-0.4, -0.2) is 35.5 Å². The molecule has 0 saturated carbocycles. The minimum absolute atomic E-state index is 0.0690. The van der Waals surface area contributed by atoms with Gasteiger partial charge >= 0.3 is 5.97 Å². The van der Waals surface area contributed by atoms with Gasteiger partial charge in [0, 0.05) is 6.04 Å². The van der Waals surface area contributed by atoms with Crippen LogP contribution in [0, 0.1) is 17.8 Å². The van der Waals surface area contributed by atoms with E-state index < -0.39 is 35.3 Å². The van der Waals surface area contributed by atoms with E-state index >= 15 is 0 Å². The zero-order valence-corrected chi connectivity index (χ0v) is 17.7. The van der Waals surface area contributed by atoms with Crippen molar-refractivity contribution in [2.45, 2.75) is 31.8 Å². The van der Waals surface area contributed by atoms with Crippen LogP contribution in [0.25, 0.3) is 0 Å². The van der Waals surface area contributed by atoms with Crippen LogP contribution in [0.5, 0.6) is 5.75 Å². The number of esters is 1. The van der Waals surface area contributed by atoms with Crippen molar-refractivity contribution >= 4 is 23.5 Å². The first kappa shape index (κ1) is 21.1. The molecule has 31 heavy (non-hydrogen) atoms. The van der Waals surface area contributed by atoms with E-state index in [2.05, 4.69) is 5.32 Å². The summed E-state index contributed by atoms with van der Waals surface area (Å²) in [5.41, 5.74) is -0.120. The number of imide groups is 1. The molecule has 4 atom stereocenters. The van der Waals surface area contributed by atoms with Gasteiger partial charge in [0.25, 0.3) is 0 Å². The number of hydrogen-bond donors (Lipinski definition) is 2. The second-order valence-electron chi connectivity index (χ2n) is 8.63. The van der Waals surface area contributed by atoms with Gasteiger partial charge in [-0.2, -0.15) is 0 Å². The highest BCUT2D eigenvalue weighted by atomic mass is 16.5. The van der Waals surface area contributed by atoms with Gasteiger partial charge in [-0.1, -0.05) is 44.2 Å². The SMILES string of the molecule is COC(=O)[C@]1(CC(C)C)N[C@@H](c2ccc(O)cc2)C2C(=O)N(c3ccccc3)C(=O)C21. The maximum Gasteiger partial charge on any atom is 0.326 e. The number of carbonyl (C=O) groups excluding carboxylic acids is 3. The van der Waals surface area contributed by atoms with Gasteiger partial charge in [-0.25, -0.2) is 4.90 Å². The van der Waals surface area contributed by atoms with Crippen molar-refractivity contribution in [2.75, 3.05) is 12.0 Å². The number of benzene rings is 2. The summed E-state index contributed by atoms with van der Waals surface area (Å²) in [6.07, 6.45) is 0.344. The number of phenolic OH excluding ortho intramolecular Hbond substituents is 1. The number of amides is 2. The van der Waals surface area contributed by atoms with Crippen LogP contribution in [-0.2, 0) is 19.1 Å². The third kappa shape index (κ3) is 3.29. The molecular formula is C24H26N2O5. The highest BCUT2D eigenvalue weighted by molar-refractivity contribution is 6.24. The lowest BCUT2D eigenvalue weighted by atomic mass is 9.75. The summed E-state index contributed by atoms with van der Waals surface area (Å²) in [6.45, 7) is 3.93. The Morgan fingerprint density at radius 2 is 1.74 bits per heavy atom. The van der Waals surface area contributed by atoms with Crippen molar-refractivity contribution in [3.05, 3.63) is 60.2 Å². The van der Waals surface area contributed by atoms with Crippen molar-refractivity contribution in [1.29, 1.82) is 0 Å². The normalized spacial score (nSPS) is 27.6. The van der Waals surface area contributed by atoms with Crippen LogP contribution >= 0.6 is 0 Å². The van der Waals surface area contributed by atoms with E-state index in [1.807, 2.05) is 19.9 Å². The van der Waals surface area contributed by atoms with Crippen molar-refractivity contribution in [3.8, 4) is 5.75 Å². The number of para-hydroxylation sites is 1. The molecule has 2 heterocycles. The van der Waals surface area contributed by atoms with Gasteiger partial charge in [-0.15, -0.1) is 0 Å². The summed E-state index contributed by atoms with van der Waals surface area (Å²) < 4.78 is 5.15. The van der Waals surface area contributed by atoms with Crippen LogP contribution < -0.4 is 10.2 Å². The Bertz CT molecular complexity index is 1000. The van der Waals surface area contributed by atoms with Crippen LogP contribution in [0.4, 0.5) is 5.69 Å². The number of nitrogens with zero attached hydrogens (tertiary/aromatic N) is 1. The molecule has 2 unspecified atom stereocenters. The van der Waals surface area contributed by atoms with Gasteiger partial charge in [0.15, 0.2) is 0 Å². The molecule has 2 saturated heterocycles. The number of methoxy groups -OCH3 is 1. The average Bonchev–Trinajstić information content (AvgIpc) is 3.22. The minimum Gasteiger partial charge on any atom is -0.508 e. The Labute approximate surface area is 181 Å². The molecule has 7 nitrogen and oxygen atoms in total. The van der Waals surface area contributed by atoms with Crippen LogP contribution in [0.3, 0.4) is 0 Å². The smallest absolute Gasteiger partial charge is 0.326 e. The number of aromatic hydroxyl groups is 1. The summed E-state index contributed by atoms with van der Waals surface area (Å²) in [6, 6.07) is 14.7. The average molecular weight is 422 g/mol. The second-order valence-corrected chi connectivity index (χ2v) is 8.63. The molecule has 0 spiro atoms. The maximum atomic E-state index is 13.7. The molecule has 0 aliphatic carbocycles. The van der Waals surface area contributed by atoms with E-state index in [0.29, 0.717) is 12.1 Å². The number of nitrogens with one attached hydrogen (secondary N) is 1. The molecule has 2 aromatic rings. The third-order valence-electron chi connectivity index (χ3n) is 6.20. The third-order valence-corrected chi connectivity index (χ3v) is 6.20. The Hall–Kier alpha value is -3.19. The molecule has 0 bridgehead atoms. The van der Waals surface area contributed by atoms with E-state index in [1.165, 1.54) is 24.1 Å². The number of ether oxygens (including phenoxy) is 1. The summed E-state index contributed by atoms with van der Waals surface area (Å²) in [5.74, 6) is -2.79. The zero-order valence-electron chi connectivity index (χ0n) is 17.7. The van der Waals surface area contributed by atoms with Gasteiger partial charge in [0.05, 0.1) is 24.6 Å². The number of anilines is 1. The van der Waals surface area contributed by atoms with Gasteiger partial charge < -0.3 is 9.84 Å². The van der Waals surface area contributed by atoms with E-state index in [1.54, 1.807) is 36.4 Å². The van der Waals surface area contributed by atoms with Crippen molar-refractivity contribution in [3.63, 3.8) is 0 Å². The largest absolute Gasteiger partial charge is 0.508 e. The monoisotopic (exact) mass is 422 g/mol. The number of phenols is 1. The fourth-order valence-corrected chi connectivity index (χ4v) is 5.09. The lowest BCUT2D eigenvalue weighted by Crippen LogP contribution is -2.57. The van der Waals surface area contributed by atoms with E-state index in [-0.39, 0.29) is 17.6 Å². The number of carbonyl (C=O) groups is 3. The first-order chi connectivity index (χ1) is 14.8. The van der Waals surface area contributed by atoms with Crippen molar-refractivity contribution < 1.29 is 24.2 Å². The van der Waals surface area contributed by atoms with Crippen molar-refractivity contribution in [2.24, 2.45) is 17.8 Å². The topological polar surface area (TPSA) is 95.9 Å². The van der Waals surface area contributed by atoms with Gasteiger partial charge in [-0.05, 0) is 42.2 Å². The Kier molecular flexibility index (Phi) is 5.31. The zero-order chi connectivity index (χ0) is 22.3. The maximum absolute atomic E-state index is 13.7. The quantitative estimate of drug-likeness (QED) is 0.568. The molecule has 2 aliphatic rings. The molecular weight excluding hydrogens is 396 g/mol. The van der Waals surface area contributed by atoms with Crippen LogP contribution in [0.15, 0.2) is 54.6 Å². The lowest BCUT2D eigenvalue weighted by Gasteiger charge is -2.33. The van der Waals surface area contributed by atoms with Gasteiger partial charge in [-0.3, -0.25) is 19.7 Å². The van der Waals surface area contributed by atoms with E-state index in [9.17, 15) is 19.5 Å². The summed E-state index contributed by atoms with van der Waals surface area (Å²) >= 11 is 0. The lowest BCUT2D eigenvalue weighted by molar-refractivity contribution is -0.153. The molecule has 2 aromatic carbocycles. The predicted octanol–water partition coefficient (Wildman–Crippen LogP) is 2.80. The highest BCUT2D eigenvalue weighted by Crippen LogP contribution is 2.52. The summed E-state index contributed by atoms with van der Waals surface area (Å²) in [7, 11) is 1.30. The number of fused-ring (bicyclic) bond motifs is 1. The fraction of sp³-hybridized carbons (Fsp3) is 0.375. The molecule has 2 N–H and O–H groups in total. The van der Waals surface area contributed by atoms with Crippen LogP contribution in [0.1, 0.15) is 31.9 Å². The molecule has 2 fully saturated rings. The van der Waals surface area contributed by atoms with Gasteiger partial charge in [0.2, 0.25) is 11.8 Å². The molecule has 2 amide bonds. The first-order valence-electron chi connectivity index (χ1n) is 10.4. The van der Waals surface area contributed by atoms with E-state index in [0.717, 1.165) is 5.56 Å². The van der Waals surface area contributed by atoms with Gasteiger partial charge in [0.1, 0.15) is 11.3 Å². The molecule has 162 valence electrons. The Morgan fingerprint density at radius 1 is 1.10 bits per heavy atom. The molecule has 7 heteroatoms. The highest BCUT2D eigenvalue weighted by Gasteiger charge is 2.68. The minimum atomic E-state index is -1.33. The fourth-order valence-electron chi connectivity index (χ4n) is 5.09. The molecule has 0 radical (unpaired) electrons. The molecule has 2 aliphatic heterocycles. The molecule has 0 aromatic heterocycles. The van der Waals surface area contributed by atoms with E-state index in [4.69, 9.17) is 4.74 Å². The predicted molar refractivity (Wildman–Crippen MR) is 114 cm³/mol. The summed E-state index contributed by atoms with van der Waals surface area (Å²) in [5, 5.41) is 13.0. The summed E-state index contributed by atoms with van der Waals surface area (Å²) in [4.78, 5) is 41.6. The Morgan fingerprint density at radius 3 is 2.32 bits per heavy atom. The van der Waals surface area contributed by atoms with Crippen LogP contribution in [0.2, 0.25) is 0 Å². The molecule has 4 rings (SSSR count). The van der Waals surface area contributed by atoms with Crippen molar-refractivity contribution in [1.82, 2.24) is 5.32 Å². The number of hydrogen-bond acceptors (Lipinski definition) is 6. The Balaban J connectivity index is 1.87. The first-order valence-corrected chi connectivity index (χ1v) is 10.4. The second kappa shape index (κ2) is 7.81.